The van der Waals surface area contributed by atoms with E-state index in [2.05, 4.69) is 79.6 Å². The number of para-hydroxylation sites is 5. The molecule has 5 aromatic heterocycles. The van der Waals surface area contributed by atoms with Crippen LogP contribution in [0.4, 0.5) is 4.39 Å². The van der Waals surface area contributed by atoms with Crippen molar-refractivity contribution >= 4 is 0 Å². The minimum absolute atomic E-state index is 0. The molecule has 5 heterocycles. The van der Waals surface area contributed by atoms with E-state index in [9.17, 15) is 4.39 Å². The van der Waals surface area contributed by atoms with Gasteiger partial charge in [-0.1, -0.05) is 27.7 Å². The summed E-state index contributed by atoms with van der Waals surface area (Å²) in [5.41, 5.74) is 7.31. The molecule has 0 aliphatic carbocycles. The number of nitrogens with zero attached hydrogens (tertiary/aromatic N) is 12. The standard InChI is InChI=1S/2C11H11N2.C10H8FN2.2C10H10N3.3Ir.2Rh/c2*1-2-10-8-9-13(12-10)11-6-4-3-5-7-11;11-8-9-6-7-13(12-9)10-4-2-1-3-5-10;2*1-2-10-11-8-13(12-10)9-6-4-3-5-7-9;;;;;/h2*3-6,8-9H,2H2,1H3;1-4,6-7H,8H2;2*3-6,8H,2H2,1H3;;;;;/q5*-1;;;;;. The molecular formula is C52H50FIr3N12Rh2-5. The van der Waals surface area contributed by atoms with Gasteiger partial charge in [-0.05, 0) is 59.5 Å². The van der Waals surface area contributed by atoms with E-state index >= 15 is 0 Å². The molecule has 5 radical (unpaired) electrons. The zero-order valence-corrected chi connectivity index (χ0v) is 49.1. The number of halogens is 1. The normalized spacial score (nSPS) is 9.50. The zero-order valence-electron chi connectivity index (χ0n) is 38.6. The third kappa shape index (κ3) is 20.1. The Balaban J connectivity index is 0.000000430. The van der Waals surface area contributed by atoms with Gasteiger partial charge >= 0.3 is 0 Å². The molecule has 10 aromatic rings. The summed E-state index contributed by atoms with van der Waals surface area (Å²) in [4.78, 5) is 8.29. The van der Waals surface area contributed by atoms with Gasteiger partial charge in [0.25, 0.3) is 0 Å². The third-order valence-electron chi connectivity index (χ3n) is 9.20. The second-order valence-corrected chi connectivity index (χ2v) is 13.8. The van der Waals surface area contributed by atoms with Gasteiger partial charge in [-0.3, -0.25) is 14.0 Å². The van der Waals surface area contributed by atoms with Crippen molar-refractivity contribution < 1.29 is 104 Å². The van der Waals surface area contributed by atoms with Crippen molar-refractivity contribution in [3.8, 4) is 28.4 Å². The Morgan fingerprint density at radius 2 is 0.657 bits per heavy atom. The predicted octanol–water partition coefficient (Wildman–Crippen LogP) is 9.86. The summed E-state index contributed by atoms with van der Waals surface area (Å²) >= 11 is 0. The molecule has 0 atom stereocenters. The summed E-state index contributed by atoms with van der Waals surface area (Å²) in [6, 6.07) is 59.6. The first-order valence-corrected chi connectivity index (χ1v) is 21.4. The molecule has 0 aliphatic heterocycles. The number of hydrogen-bond donors (Lipinski definition) is 0. The van der Waals surface area contributed by atoms with E-state index in [1.807, 2.05) is 163 Å². The topological polar surface area (TPSA) is 115 Å². The number of hydrogen-bond acceptors (Lipinski definition) is 7. The fourth-order valence-electron chi connectivity index (χ4n) is 5.72. The Morgan fingerprint density at radius 3 is 0.871 bits per heavy atom. The number of aryl methyl sites for hydroxylation is 4. The second-order valence-electron chi connectivity index (χ2n) is 13.8. The van der Waals surface area contributed by atoms with Gasteiger partial charge in [0.1, 0.15) is 19.3 Å². The summed E-state index contributed by atoms with van der Waals surface area (Å²) in [7, 11) is 0. The Morgan fingerprint density at radius 1 is 0.371 bits per heavy atom. The molecule has 0 unspecified atom stereocenters. The van der Waals surface area contributed by atoms with E-state index in [1.165, 1.54) is 0 Å². The summed E-state index contributed by atoms with van der Waals surface area (Å²) in [5, 5.41) is 21.3. The molecule has 18 heteroatoms. The van der Waals surface area contributed by atoms with Gasteiger partial charge in [-0.2, -0.15) is 147 Å². The fraction of sp³-hybridized carbons (Fsp3) is 0.173. The van der Waals surface area contributed by atoms with Crippen LogP contribution < -0.4 is 0 Å². The predicted molar refractivity (Wildman–Crippen MR) is 250 cm³/mol. The van der Waals surface area contributed by atoms with Gasteiger partial charge in [-0.15, -0.1) is 30.3 Å². The van der Waals surface area contributed by atoms with Crippen LogP contribution in [-0.2, 0) is 132 Å². The molecule has 12 nitrogen and oxygen atoms in total. The van der Waals surface area contributed by atoms with E-state index in [-0.39, 0.29) is 99.3 Å². The van der Waals surface area contributed by atoms with Crippen LogP contribution in [0.5, 0.6) is 0 Å². The minimum Gasteiger partial charge on any atom is -0.265 e. The smallest absolute Gasteiger partial charge is 0.150 e. The van der Waals surface area contributed by atoms with Crippen LogP contribution in [0.15, 0.2) is 171 Å². The Kier molecular flexibility index (Phi) is 31.8. The van der Waals surface area contributed by atoms with E-state index < -0.39 is 6.67 Å². The van der Waals surface area contributed by atoms with Crippen molar-refractivity contribution in [3.05, 3.63) is 230 Å². The quantitative estimate of drug-likeness (QED) is 0.0990. The molecule has 0 spiro atoms. The summed E-state index contributed by atoms with van der Waals surface area (Å²) in [6.07, 6.45) is 12.7. The molecule has 375 valence electrons. The molecule has 0 aliphatic rings. The summed E-state index contributed by atoms with van der Waals surface area (Å²) < 4.78 is 20.9. The van der Waals surface area contributed by atoms with Crippen LogP contribution in [0.25, 0.3) is 28.4 Å². The molecule has 0 N–H and O–H groups in total. The molecule has 0 amide bonds. The second kappa shape index (κ2) is 35.3. The molecule has 70 heavy (non-hydrogen) atoms. The van der Waals surface area contributed by atoms with Crippen LogP contribution in [0.3, 0.4) is 0 Å². The average Bonchev–Trinajstić information content (AvgIpc) is 4.27. The average molecular weight is 1640 g/mol. The van der Waals surface area contributed by atoms with Gasteiger partial charge in [0, 0.05) is 131 Å². The van der Waals surface area contributed by atoms with Crippen LogP contribution >= 0.6 is 0 Å². The van der Waals surface area contributed by atoms with Crippen molar-refractivity contribution in [3.63, 3.8) is 0 Å². The first-order chi connectivity index (χ1) is 32.0. The Hall–Kier alpha value is -4.87. The van der Waals surface area contributed by atoms with Crippen LogP contribution in [-0.4, -0.2) is 58.9 Å². The van der Waals surface area contributed by atoms with Crippen molar-refractivity contribution in [2.24, 2.45) is 0 Å². The number of aromatic nitrogens is 12. The SMILES string of the molecule is CCc1ccn(-c2[c-]cccc2)n1.CCc1ccn(-c2[c-]cccc2)n1.CCc1ncn(-c2[c-]cccc2)n1.CCc1ncn(-c2[c-]cccc2)n1.FCc1ccn(-c2[c-]cccc2)n1.[Ir].[Ir].[Ir].[Rh].[Rh]. The van der Waals surface area contributed by atoms with Gasteiger partial charge in [0.15, 0.2) is 11.6 Å². The molecule has 0 fully saturated rings. The van der Waals surface area contributed by atoms with Crippen molar-refractivity contribution in [1.29, 1.82) is 0 Å². The maximum atomic E-state index is 12.2. The van der Waals surface area contributed by atoms with Gasteiger partial charge < -0.3 is 0 Å². The maximum Gasteiger partial charge on any atom is 0.150 e. The van der Waals surface area contributed by atoms with Gasteiger partial charge in [0.2, 0.25) is 0 Å². The number of rotatable bonds is 10. The fourth-order valence-corrected chi connectivity index (χ4v) is 5.72. The number of benzene rings is 5. The van der Waals surface area contributed by atoms with Gasteiger partial charge in [-0.25, -0.2) is 23.7 Å². The van der Waals surface area contributed by atoms with Crippen LogP contribution in [0, 0.1) is 30.3 Å². The summed E-state index contributed by atoms with van der Waals surface area (Å²) in [5.74, 6) is 1.72. The molecule has 10 rings (SSSR count). The molecule has 0 saturated heterocycles. The zero-order chi connectivity index (χ0) is 45.5. The van der Waals surface area contributed by atoms with E-state index in [0.29, 0.717) is 5.69 Å². The first kappa shape index (κ1) is 63.2. The van der Waals surface area contributed by atoms with Crippen molar-refractivity contribution in [1.82, 2.24) is 58.9 Å². The van der Waals surface area contributed by atoms with Crippen LogP contribution in [0.2, 0.25) is 0 Å². The van der Waals surface area contributed by atoms with Crippen molar-refractivity contribution in [2.45, 2.75) is 60.1 Å². The third-order valence-corrected chi connectivity index (χ3v) is 9.20. The molecule has 0 bridgehead atoms. The molecule has 0 saturated carbocycles. The monoisotopic (exact) mass is 1650 g/mol. The molecular weight excluding hydrogens is 1590 g/mol. The van der Waals surface area contributed by atoms with E-state index in [1.54, 1.807) is 45.0 Å². The maximum absolute atomic E-state index is 12.2. The van der Waals surface area contributed by atoms with E-state index in [4.69, 9.17) is 0 Å². The van der Waals surface area contributed by atoms with Crippen molar-refractivity contribution in [2.75, 3.05) is 0 Å². The van der Waals surface area contributed by atoms with Crippen LogP contribution in [0.1, 0.15) is 56.4 Å². The van der Waals surface area contributed by atoms with Gasteiger partial charge in [0.05, 0.1) is 17.1 Å². The Labute approximate surface area is 476 Å². The molecule has 5 aromatic carbocycles. The number of alkyl halides is 1. The first-order valence-electron chi connectivity index (χ1n) is 21.4. The Bertz CT molecular complexity index is 2370. The summed E-state index contributed by atoms with van der Waals surface area (Å²) in [6.45, 7) is 7.74. The minimum atomic E-state index is -0.528. The van der Waals surface area contributed by atoms with E-state index in [0.717, 1.165) is 77.2 Å². The largest absolute Gasteiger partial charge is 0.265 e.